The maximum atomic E-state index is 13.5. The third-order valence-corrected chi connectivity index (χ3v) is 7.45. The highest BCUT2D eigenvalue weighted by Gasteiger charge is 2.36. The Hall–Kier alpha value is -3.60. The predicted molar refractivity (Wildman–Crippen MR) is 155 cm³/mol. The number of rotatable bonds is 10. The van der Waals surface area contributed by atoms with Gasteiger partial charge in [0.15, 0.2) is 0 Å². The fourth-order valence-corrected chi connectivity index (χ4v) is 5.27. The van der Waals surface area contributed by atoms with Crippen LogP contribution in [0.1, 0.15) is 85.6 Å². The van der Waals surface area contributed by atoms with Crippen LogP contribution in [0.25, 0.3) is 0 Å². The fourth-order valence-electron chi connectivity index (χ4n) is 5.27. The number of amides is 1. The minimum Gasteiger partial charge on any atom is -0.487 e. The predicted octanol–water partition coefficient (Wildman–Crippen LogP) is 6.99. The Morgan fingerprint density at radius 1 is 0.949 bits per heavy atom. The summed E-state index contributed by atoms with van der Waals surface area (Å²) in [6.45, 7) is 10.8. The number of benzene rings is 3. The molecule has 4 rings (SSSR count). The monoisotopic (exact) mass is 527 g/mol. The van der Waals surface area contributed by atoms with E-state index in [9.17, 15) is 14.7 Å². The zero-order valence-corrected chi connectivity index (χ0v) is 23.9. The van der Waals surface area contributed by atoms with Crippen molar-refractivity contribution >= 4 is 11.9 Å². The lowest BCUT2D eigenvalue weighted by molar-refractivity contribution is -0.137. The molecule has 0 radical (unpaired) electrons. The van der Waals surface area contributed by atoms with E-state index in [2.05, 4.69) is 71.0 Å². The van der Waals surface area contributed by atoms with Gasteiger partial charge in [0, 0.05) is 24.9 Å². The highest BCUT2D eigenvalue weighted by atomic mass is 16.5. The van der Waals surface area contributed by atoms with Gasteiger partial charge in [0.1, 0.15) is 17.9 Å². The topological polar surface area (TPSA) is 66.8 Å². The van der Waals surface area contributed by atoms with Crippen LogP contribution < -0.4 is 4.74 Å². The Kier molecular flexibility index (Phi) is 8.48. The zero-order chi connectivity index (χ0) is 28.2. The van der Waals surface area contributed by atoms with Crippen LogP contribution in [0.3, 0.4) is 0 Å². The van der Waals surface area contributed by atoms with Gasteiger partial charge in [0.25, 0.3) is 5.91 Å². The van der Waals surface area contributed by atoms with E-state index in [0.29, 0.717) is 12.0 Å². The summed E-state index contributed by atoms with van der Waals surface area (Å²) in [4.78, 5) is 26.5. The standard InChI is InChI=1S/C34H41NO4/c1-6-7-8-24-9-11-26(12-10-24)22-35(23-31(36)37)32(38)27-15-18-30-28(19-27)21-34(5,39-30)20-25-13-16-29(17-14-25)33(2,3)4/h9-19H,6-8,20-23H2,1-5H3,(H,36,37). The number of hydrogen-bond donors (Lipinski definition) is 1. The first-order chi connectivity index (χ1) is 18.5. The molecule has 0 bridgehead atoms. The van der Waals surface area contributed by atoms with Crippen molar-refractivity contribution in [2.24, 2.45) is 0 Å². The molecule has 1 atom stereocenters. The van der Waals surface area contributed by atoms with E-state index in [1.165, 1.54) is 21.6 Å². The minimum absolute atomic E-state index is 0.109. The third kappa shape index (κ3) is 7.29. The molecule has 3 aromatic rings. The first-order valence-electron chi connectivity index (χ1n) is 14.0. The number of fused-ring (bicyclic) bond motifs is 1. The lowest BCUT2D eigenvalue weighted by atomic mass is 9.85. The second kappa shape index (κ2) is 11.6. The molecule has 0 fully saturated rings. The zero-order valence-electron chi connectivity index (χ0n) is 23.9. The molecule has 0 aliphatic carbocycles. The van der Waals surface area contributed by atoms with Crippen LogP contribution in [-0.2, 0) is 36.0 Å². The van der Waals surface area contributed by atoms with E-state index < -0.39 is 11.6 Å². The van der Waals surface area contributed by atoms with Crippen LogP contribution in [-0.4, -0.2) is 34.0 Å². The molecule has 1 unspecified atom stereocenters. The van der Waals surface area contributed by atoms with Crippen molar-refractivity contribution < 1.29 is 19.4 Å². The Morgan fingerprint density at radius 2 is 1.59 bits per heavy atom. The molecule has 1 amide bonds. The quantitative estimate of drug-likeness (QED) is 0.309. The summed E-state index contributed by atoms with van der Waals surface area (Å²) in [6.07, 6.45) is 4.73. The average molecular weight is 528 g/mol. The molecular weight excluding hydrogens is 486 g/mol. The van der Waals surface area contributed by atoms with Crippen molar-refractivity contribution in [2.45, 2.75) is 84.3 Å². The van der Waals surface area contributed by atoms with Crippen LogP contribution >= 0.6 is 0 Å². The number of hydrogen-bond acceptors (Lipinski definition) is 3. The van der Waals surface area contributed by atoms with E-state index in [-0.39, 0.29) is 24.4 Å². The third-order valence-electron chi connectivity index (χ3n) is 7.45. The molecule has 1 aliphatic rings. The SMILES string of the molecule is CCCCc1ccc(CN(CC(=O)O)C(=O)c2ccc3c(c2)CC(C)(Cc2ccc(C(C)(C)C)cc2)O3)cc1. The molecular formula is C34H41NO4. The van der Waals surface area contributed by atoms with E-state index in [1.807, 2.05) is 24.3 Å². The molecule has 5 heteroatoms. The van der Waals surface area contributed by atoms with Crippen molar-refractivity contribution in [1.29, 1.82) is 0 Å². The maximum absolute atomic E-state index is 13.5. The summed E-state index contributed by atoms with van der Waals surface area (Å²) in [7, 11) is 0. The number of ether oxygens (including phenoxy) is 1. The number of nitrogens with zero attached hydrogens (tertiary/aromatic N) is 1. The Labute approximate surface area is 232 Å². The maximum Gasteiger partial charge on any atom is 0.323 e. The van der Waals surface area contributed by atoms with Crippen molar-refractivity contribution in [1.82, 2.24) is 4.90 Å². The number of carboxylic acids is 1. The smallest absolute Gasteiger partial charge is 0.323 e. The van der Waals surface area contributed by atoms with E-state index in [4.69, 9.17) is 4.74 Å². The van der Waals surface area contributed by atoms with Crippen LogP contribution in [0.4, 0.5) is 0 Å². The molecule has 0 saturated heterocycles. The van der Waals surface area contributed by atoms with Crippen molar-refractivity contribution in [3.8, 4) is 5.75 Å². The highest BCUT2D eigenvalue weighted by molar-refractivity contribution is 5.96. The van der Waals surface area contributed by atoms with E-state index in [1.54, 1.807) is 6.07 Å². The van der Waals surface area contributed by atoms with Gasteiger partial charge < -0.3 is 14.7 Å². The first-order valence-corrected chi connectivity index (χ1v) is 14.0. The number of carbonyl (C=O) groups excluding carboxylic acids is 1. The summed E-state index contributed by atoms with van der Waals surface area (Å²) in [5.74, 6) is -0.535. The van der Waals surface area contributed by atoms with Gasteiger partial charge in [0.05, 0.1) is 0 Å². The van der Waals surface area contributed by atoms with Gasteiger partial charge in [-0.2, -0.15) is 0 Å². The van der Waals surface area contributed by atoms with Gasteiger partial charge in [-0.25, -0.2) is 0 Å². The van der Waals surface area contributed by atoms with E-state index in [0.717, 1.165) is 42.6 Å². The van der Waals surface area contributed by atoms with Gasteiger partial charge in [0.2, 0.25) is 0 Å². The molecule has 3 aromatic carbocycles. The van der Waals surface area contributed by atoms with Crippen molar-refractivity contribution in [2.75, 3.05) is 6.54 Å². The highest BCUT2D eigenvalue weighted by Crippen LogP contribution is 2.38. The number of unbranched alkanes of at least 4 members (excludes halogenated alkanes) is 1. The fraction of sp³-hybridized carbons (Fsp3) is 0.412. The van der Waals surface area contributed by atoms with Gasteiger partial charge >= 0.3 is 5.97 Å². The molecule has 1 N–H and O–H groups in total. The van der Waals surface area contributed by atoms with Crippen molar-refractivity contribution in [3.05, 3.63) is 100 Å². The molecule has 5 nitrogen and oxygen atoms in total. The molecule has 0 spiro atoms. The Balaban J connectivity index is 1.47. The summed E-state index contributed by atoms with van der Waals surface area (Å²) in [5, 5.41) is 9.51. The van der Waals surface area contributed by atoms with Gasteiger partial charge in [-0.15, -0.1) is 0 Å². The Bertz CT molecular complexity index is 1300. The summed E-state index contributed by atoms with van der Waals surface area (Å²) >= 11 is 0. The largest absolute Gasteiger partial charge is 0.487 e. The number of carboxylic acid groups (broad SMARTS) is 1. The molecule has 206 valence electrons. The summed E-state index contributed by atoms with van der Waals surface area (Å²) in [5.41, 5.74) is 5.84. The minimum atomic E-state index is -1.03. The second-order valence-corrected chi connectivity index (χ2v) is 12.1. The van der Waals surface area contributed by atoms with Gasteiger partial charge in [-0.3, -0.25) is 9.59 Å². The summed E-state index contributed by atoms with van der Waals surface area (Å²) < 4.78 is 6.37. The molecule has 1 aliphatic heterocycles. The second-order valence-electron chi connectivity index (χ2n) is 12.1. The number of carbonyl (C=O) groups is 2. The molecule has 1 heterocycles. The van der Waals surface area contributed by atoms with Crippen molar-refractivity contribution in [3.63, 3.8) is 0 Å². The van der Waals surface area contributed by atoms with Crippen LogP contribution in [0.5, 0.6) is 5.75 Å². The number of aryl methyl sites for hydroxylation is 1. The number of aliphatic carboxylic acids is 1. The first kappa shape index (κ1) is 28.4. The molecule has 0 aromatic heterocycles. The lowest BCUT2D eigenvalue weighted by Gasteiger charge is -2.25. The van der Waals surface area contributed by atoms with E-state index >= 15 is 0 Å². The normalized spacial score (nSPS) is 16.4. The molecule has 39 heavy (non-hydrogen) atoms. The van der Waals surface area contributed by atoms with Gasteiger partial charge in [-0.05, 0) is 71.2 Å². The lowest BCUT2D eigenvalue weighted by Crippen LogP contribution is -2.35. The summed E-state index contributed by atoms with van der Waals surface area (Å²) in [6, 6.07) is 22.3. The average Bonchev–Trinajstić information content (AvgIpc) is 3.21. The van der Waals surface area contributed by atoms with Crippen LogP contribution in [0, 0.1) is 0 Å². The Morgan fingerprint density at radius 3 is 2.21 bits per heavy atom. The van der Waals surface area contributed by atoms with Gasteiger partial charge in [-0.1, -0.05) is 82.6 Å². The van der Waals surface area contributed by atoms with Crippen LogP contribution in [0.2, 0.25) is 0 Å². The van der Waals surface area contributed by atoms with Crippen LogP contribution in [0.15, 0.2) is 66.7 Å². The molecule has 0 saturated carbocycles.